The SMILES string of the molecule is C[C@@H](Cc1cn(Cc2ccc(C(F)(F)F)cc2)nn1)OC(=O)c1ccc(SC(C)(C)C(=O)O)cc1. The number of hydrogen-bond acceptors (Lipinski definition) is 6. The van der Waals surface area contributed by atoms with Gasteiger partial charge in [-0.2, -0.15) is 13.2 Å². The van der Waals surface area contributed by atoms with E-state index in [1.807, 2.05) is 0 Å². The second kappa shape index (κ2) is 10.5. The number of hydrogen-bond donors (Lipinski definition) is 1. The van der Waals surface area contributed by atoms with Gasteiger partial charge in [0, 0.05) is 17.5 Å². The Kier molecular flexibility index (Phi) is 7.89. The van der Waals surface area contributed by atoms with Crippen LogP contribution in [0.2, 0.25) is 0 Å². The number of esters is 1. The lowest BCUT2D eigenvalue weighted by molar-refractivity contribution is -0.139. The van der Waals surface area contributed by atoms with Gasteiger partial charge in [0.1, 0.15) is 10.9 Å². The normalized spacial score (nSPS) is 12.9. The average molecular weight is 508 g/mol. The lowest BCUT2D eigenvalue weighted by atomic mass is 10.1. The van der Waals surface area contributed by atoms with Crippen LogP contribution in [0.1, 0.15) is 48.0 Å². The van der Waals surface area contributed by atoms with Crippen LogP contribution in [0, 0.1) is 0 Å². The zero-order valence-electron chi connectivity index (χ0n) is 19.2. The van der Waals surface area contributed by atoms with Gasteiger partial charge in [-0.15, -0.1) is 16.9 Å². The number of benzene rings is 2. The molecule has 3 rings (SSSR count). The van der Waals surface area contributed by atoms with Crippen molar-refractivity contribution in [2.45, 2.75) is 55.7 Å². The Morgan fingerprint density at radius 1 is 1.09 bits per heavy atom. The van der Waals surface area contributed by atoms with Gasteiger partial charge in [0.15, 0.2) is 0 Å². The molecule has 7 nitrogen and oxygen atoms in total. The summed E-state index contributed by atoms with van der Waals surface area (Å²) in [5, 5.41) is 17.3. The highest BCUT2D eigenvalue weighted by Gasteiger charge is 2.30. The molecule has 0 saturated heterocycles. The summed E-state index contributed by atoms with van der Waals surface area (Å²) in [7, 11) is 0. The van der Waals surface area contributed by atoms with Crippen LogP contribution in [0.25, 0.3) is 0 Å². The minimum Gasteiger partial charge on any atom is -0.480 e. The molecule has 0 fully saturated rings. The molecular weight excluding hydrogens is 483 g/mol. The highest BCUT2D eigenvalue weighted by atomic mass is 32.2. The molecular formula is C24H24F3N3O4S. The van der Waals surface area contributed by atoms with Gasteiger partial charge in [-0.3, -0.25) is 4.79 Å². The predicted molar refractivity (Wildman–Crippen MR) is 123 cm³/mol. The van der Waals surface area contributed by atoms with Gasteiger partial charge in [-0.1, -0.05) is 17.3 Å². The minimum absolute atomic E-state index is 0.252. The van der Waals surface area contributed by atoms with Gasteiger partial charge < -0.3 is 9.84 Å². The quantitative estimate of drug-likeness (QED) is 0.319. The number of carbonyl (C=O) groups excluding carboxylic acids is 1. The Labute approximate surface area is 204 Å². The first-order chi connectivity index (χ1) is 16.3. The van der Waals surface area contributed by atoms with E-state index in [2.05, 4.69) is 10.3 Å². The molecule has 0 radical (unpaired) electrons. The van der Waals surface area contributed by atoms with Crippen LogP contribution in [0.4, 0.5) is 13.2 Å². The van der Waals surface area contributed by atoms with Gasteiger partial charge in [-0.25, -0.2) is 9.48 Å². The van der Waals surface area contributed by atoms with E-state index in [0.29, 0.717) is 28.1 Å². The largest absolute Gasteiger partial charge is 0.480 e. The van der Waals surface area contributed by atoms with Gasteiger partial charge in [0.2, 0.25) is 0 Å². The number of carboxylic acids is 1. The van der Waals surface area contributed by atoms with Crippen molar-refractivity contribution in [3.63, 3.8) is 0 Å². The molecule has 1 heterocycles. The Morgan fingerprint density at radius 3 is 2.29 bits per heavy atom. The van der Waals surface area contributed by atoms with Crippen molar-refractivity contribution in [2.24, 2.45) is 0 Å². The average Bonchev–Trinajstić information content (AvgIpc) is 3.20. The number of nitrogens with zero attached hydrogens (tertiary/aromatic N) is 3. The fraction of sp³-hybridized carbons (Fsp3) is 0.333. The number of aromatic nitrogens is 3. The fourth-order valence-electron chi connectivity index (χ4n) is 3.08. The standard InChI is InChI=1S/C24H24F3N3O4S/c1-15(34-21(31)17-6-10-20(11-7-17)35-23(2,3)22(32)33)12-19-14-30(29-28-19)13-16-4-8-18(9-5-16)24(25,26)27/h4-11,14-15H,12-13H2,1-3H3,(H,32,33)/t15-/m0/s1. The second-order valence-corrected chi connectivity index (χ2v) is 10.2. The highest BCUT2D eigenvalue weighted by molar-refractivity contribution is 8.01. The summed E-state index contributed by atoms with van der Waals surface area (Å²) in [5.41, 5.74) is 0.830. The van der Waals surface area contributed by atoms with E-state index in [4.69, 9.17) is 4.74 Å². The van der Waals surface area contributed by atoms with Crippen LogP contribution >= 0.6 is 11.8 Å². The summed E-state index contributed by atoms with van der Waals surface area (Å²) in [6.07, 6.45) is -2.93. The van der Waals surface area contributed by atoms with Gasteiger partial charge in [0.05, 0.1) is 23.4 Å². The lowest BCUT2D eigenvalue weighted by Gasteiger charge is -2.18. The molecule has 1 N–H and O–H groups in total. The van der Waals surface area contributed by atoms with Crippen molar-refractivity contribution in [1.29, 1.82) is 0 Å². The number of rotatable bonds is 9. The maximum absolute atomic E-state index is 12.7. The number of carboxylic acid groups (broad SMARTS) is 1. The molecule has 0 saturated carbocycles. The third kappa shape index (κ3) is 7.32. The molecule has 0 aliphatic rings. The number of halogens is 3. The van der Waals surface area contributed by atoms with Crippen molar-refractivity contribution in [1.82, 2.24) is 15.0 Å². The molecule has 186 valence electrons. The van der Waals surface area contributed by atoms with E-state index in [9.17, 15) is 27.9 Å². The van der Waals surface area contributed by atoms with Crippen LogP contribution in [0.15, 0.2) is 59.6 Å². The van der Waals surface area contributed by atoms with Gasteiger partial charge in [-0.05, 0) is 62.7 Å². The summed E-state index contributed by atoms with van der Waals surface area (Å²) in [6, 6.07) is 11.3. The predicted octanol–water partition coefficient (Wildman–Crippen LogP) is 5.09. The number of aliphatic carboxylic acids is 1. The Hall–Kier alpha value is -3.34. The zero-order chi connectivity index (χ0) is 25.8. The first kappa shape index (κ1) is 26.3. The monoisotopic (exact) mass is 507 g/mol. The molecule has 0 aliphatic heterocycles. The molecule has 35 heavy (non-hydrogen) atoms. The van der Waals surface area contributed by atoms with Crippen LogP contribution in [-0.2, 0) is 28.7 Å². The van der Waals surface area contributed by atoms with Crippen LogP contribution in [0.3, 0.4) is 0 Å². The number of thioether (sulfide) groups is 1. The van der Waals surface area contributed by atoms with Crippen LogP contribution in [0.5, 0.6) is 0 Å². The number of carbonyl (C=O) groups is 2. The molecule has 3 aromatic rings. The van der Waals surface area contributed by atoms with Crippen molar-refractivity contribution < 1.29 is 32.6 Å². The van der Waals surface area contributed by atoms with E-state index < -0.39 is 34.5 Å². The van der Waals surface area contributed by atoms with E-state index >= 15 is 0 Å². The number of ether oxygens (including phenoxy) is 1. The lowest BCUT2D eigenvalue weighted by Crippen LogP contribution is -2.26. The number of alkyl halides is 3. The molecule has 11 heteroatoms. The summed E-state index contributed by atoms with van der Waals surface area (Å²) in [5.74, 6) is -1.46. The molecule has 0 spiro atoms. The summed E-state index contributed by atoms with van der Waals surface area (Å²) in [6.45, 7) is 5.17. The van der Waals surface area contributed by atoms with Gasteiger partial charge in [0.25, 0.3) is 0 Å². The van der Waals surface area contributed by atoms with E-state index in [1.165, 1.54) is 28.6 Å². The third-order valence-corrected chi connectivity index (χ3v) is 6.19. The molecule has 0 aliphatic carbocycles. The van der Waals surface area contributed by atoms with Gasteiger partial charge >= 0.3 is 18.1 Å². The van der Waals surface area contributed by atoms with Crippen LogP contribution < -0.4 is 0 Å². The minimum atomic E-state index is -4.38. The summed E-state index contributed by atoms with van der Waals surface area (Å²) >= 11 is 1.18. The first-order valence-electron chi connectivity index (χ1n) is 10.6. The van der Waals surface area contributed by atoms with E-state index in [1.54, 1.807) is 51.2 Å². The molecule has 0 bridgehead atoms. The van der Waals surface area contributed by atoms with Crippen molar-refractivity contribution in [3.05, 3.63) is 77.1 Å². The summed E-state index contributed by atoms with van der Waals surface area (Å²) in [4.78, 5) is 24.4. The molecule has 0 amide bonds. The molecule has 1 atom stereocenters. The fourth-order valence-corrected chi connectivity index (χ4v) is 4.03. The third-order valence-electron chi connectivity index (χ3n) is 4.99. The Balaban J connectivity index is 1.53. The summed E-state index contributed by atoms with van der Waals surface area (Å²) < 4.78 is 44.0. The van der Waals surface area contributed by atoms with Crippen molar-refractivity contribution in [3.8, 4) is 0 Å². The maximum atomic E-state index is 12.7. The smallest absolute Gasteiger partial charge is 0.416 e. The zero-order valence-corrected chi connectivity index (χ0v) is 20.1. The first-order valence-corrected chi connectivity index (χ1v) is 11.4. The Bertz CT molecular complexity index is 1180. The molecule has 0 unspecified atom stereocenters. The maximum Gasteiger partial charge on any atom is 0.416 e. The Morgan fingerprint density at radius 2 is 1.71 bits per heavy atom. The van der Waals surface area contributed by atoms with Crippen LogP contribution in [-0.4, -0.2) is 42.9 Å². The van der Waals surface area contributed by atoms with E-state index in [-0.39, 0.29) is 6.54 Å². The molecule has 1 aromatic heterocycles. The molecule has 2 aromatic carbocycles. The van der Waals surface area contributed by atoms with Crippen molar-refractivity contribution >= 4 is 23.7 Å². The second-order valence-electron chi connectivity index (χ2n) is 8.46. The van der Waals surface area contributed by atoms with Crippen molar-refractivity contribution in [2.75, 3.05) is 0 Å². The highest BCUT2D eigenvalue weighted by Crippen LogP contribution is 2.33. The van der Waals surface area contributed by atoms with E-state index in [0.717, 1.165) is 12.1 Å². The topological polar surface area (TPSA) is 94.3 Å².